The van der Waals surface area contributed by atoms with E-state index < -0.39 is 28.8 Å². The maximum Gasteiger partial charge on any atom is 0.199 e. The van der Waals surface area contributed by atoms with Crippen LogP contribution in [0.3, 0.4) is 0 Å². The molecular formula is C13H7F3O2. The zero-order valence-electron chi connectivity index (χ0n) is 8.95. The summed E-state index contributed by atoms with van der Waals surface area (Å²) < 4.78 is 39.1. The smallest absolute Gasteiger partial charge is 0.199 e. The molecule has 0 spiro atoms. The fraction of sp³-hybridized carbons (Fsp3) is 0. The number of hydrogen-bond acceptors (Lipinski definition) is 2. The van der Waals surface area contributed by atoms with E-state index in [4.69, 9.17) is 0 Å². The van der Waals surface area contributed by atoms with Gasteiger partial charge in [0, 0.05) is 0 Å². The predicted octanol–water partition coefficient (Wildman–Crippen LogP) is 3.04. The van der Waals surface area contributed by atoms with Gasteiger partial charge in [-0.15, -0.1) is 0 Å². The third kappa shape index (κ3) is 1.95. The van der Waals surface area contributed by atoms with E-state index in [0.29, 0.717) is 6.07 Å². The Morgan fingerprint density at radius 3 is 2.22 bits per heavy atom. The van der Waals surface area contributed by atoms with E-state index in [-0.39, 0.29) is 11.3 Å². The minimum absolute atomic E-state index is 0.178. The van der Waals surface area contributed by atoms with Crippen LogP contribution in [0.15, 0.2) is 36.4 Å². The highest BCUT2D eigenvalue weighted by atomic mass is 19.2. The highest BCUT2D eigenvalue weighted by Gasteiger charge is 2.21. The Bertz CT molecular complexity index is 624. The summed E-state index contributed by atoms with van der Waals surface area (Å²) in [5.41, 5.74) is -0.808. The first kappa shape index (κ1) is 12.2. The van der Waals surface area contributed by atoms with Crippen molar-refractivity contribution in [2.24, 2.45) is 0 Å². The van der Waals surface area contributed by atoms with Gasteiger partial charge in [-0.2, -0.15) is 0 Å². The van der Waals surface area contributed by atoms with E-state index >= 15 is 0 Å². The summed E-state index contributed by atoms with van der Waals surface area (Å²) >= 11 is 0. The quantitative estimate of drug-likeness (QED) is 0.658. The van der Waals surface area contributed by atoms with Crippen LogP contribution < -0.4 is 0 Å². The molecular weight excluding hydrogens is 245 g/mol. The number of carbonyl (C=O) groups excluding carboxylic acids is 1. The van der Waals surface area contributed by atoms with Crippen molar-refractivity contribution in [1.29, 1.82) is 0 Å². The molecule has 18 heavy (non-hydrogen) atoms. The van der Waals surface area contributed by atoms with Gasteiger partial charge in [0.1, 0.15) is 5.75 Å². The van der Waals surface area contributed by atoms with E-state index in [9.17, 15) is 23.1 Å². The summed E-state index contributed by atoms with van der Waals surface area (Å²) in [7, 11) is 0. The number of hydrogen-bond donors (Lipinski definition) is 1. The van der Waals surface area contributed by atoms with Crippen molar-refractivity contribution in [1.82, 2.24) is 0 Å². The molecule has 0 heterocycles. The summed E-state index contributed by atoms with van der Waals surface area (Å²) in [6.07, 6.45) is 0. The fourth-order valence-corrected chi connectivity index (χ4v) is 1.51. The van der Waals surface area contributed by atoms with Gasteiger partial charge in [0.05, 0.1) is 11.1 Å². The van der Waals surface area contributed by atoms with Crippen LogP contribution in [-0.4, -0.2) is 10.9 Å². The second kappa shape index (κ2) is 4.52. The van der Waals surface area contributed by atoms with Gasteiger partial charge < -0.3 is 5.11 Å². The van der Waals surface area contributed by atoms with Gasteiger partial charge in [0.25, 0.3) is 0 Å². The average Bonchev–Trinajstić information content (AvgIpc) is 2.36. The van der Waals surface area contributed by atoms with Crippen LogP contribution in [0.2, 0.25) is 0 Å². The predicted molar refractivity (Wildman–Crippen MR) is 57.9 cm³/mol. The third-order valence-corrected chi connectivity index (χ3v) is 2.43. The lowest BCUT2D eigenvalue weighted by Gasteiger charge is -2.05. The first-order valence-corrected chi connectivity index (χ1v) is 4.98. The van der Waals surface area contributed by atoms with Gasteiger partial charge in [0.15, 0.2) is 23.2 Å². The molecule has 0 aliphatic heterocycles. The molecule has 5 heteroatoms. The summed E-state index contributed by atoms with van der Waals surface area (Å²) in [4.78, 5) is 11.9. The van der Waals surface area contributed by atoms with Crippen molar-refractivity contribution < 1.29 is 23.1 Å². The topological polar surface area (TPSA) is 37.3 Å². The Morgan fingerprint density at radius 1 is 0.889 bits per heavy atom. The number of halogens is 3. The van der Waals surface area contributed by atoms with Crippen molar-refractivity contribution in [2.45, 2.75) is 0 Å². The van der Waals surface area contributed by atoms with Crippen LogP contribution in [0.1, 0.15) is 15.9 Å². The van der Waals surface area contributed by atoms with Crippen molar-refractivity contribution >= 4 is 5.78 Å². The zero-order valence-corrected chi connectivity index (χ0v) is 8.95. The van der Waals surface area contributed by atoms with Gasteiger partial charge in [-0.25, -0.2) is 13.2 Å². The van der Waals surface area contributed by atoms with Crippen LogP contribution in [0.4, 0.5) is 13.2 Å². The molecule has 2 aromatic carbocycles. The largest absolute Gasteiger partial charge is 0.507 e. The second-order valence-corrected chi connectivity index (χ2v) is 3.57. The molecule has 2 aromatic rings. The standard InChI is InChI=1S/C13H7F3O2/c14-9-6-5-8(11(15)12(9)16)13(18)7-3-1-2-4-10(7)17/h1-6,17H. The maximum absolute atomic E-state index is 13.4. The molecule has 0 aromatic heterocycles. The van der Waals surface area contributed by atoms with Gasteiger partial charge in [-0.1, -0.05) is 12.1 Å². The van der Waals surface area contributed by atoms with Crippen LogP contribution in [0.25, 0.3) is 0 Å². The fourth-order valence-electron chi connectivity index (χ4n) is 1.51. The molecule has 0 bridgehead atoms. The number of aromatic hydroxyl groups is 1. The molecule has 92 valence electrons. The number of carbonyl (C=O) groups is 1. The SMILES string of the molecule is O=C(c1ccccc1O)c1ccc(F)c(F)c1F. The first-order chi connectivity index (χ1) is 8.52. The number of para-hydroxylation sites is 1. The van der Waals surface area contributed by atoms with Crippen molar-refractivity contribution in [2.75, 3.05) is 0 Å². The zero-order chi connectivity index (χ0) is 13.3. The van der Waals surface area contributed by atoms with Crippen LogP contribution in [0.5, 0.6) is 5.75 Å². The third-order valence-electron chi connectivity index (χ3n) is 2.43. The molecule has 0 saturated heterocycles. The van der Waals surface area contributed by atoms with E-state index in [2.05, 4.69) is 0 Å². The monoisotopic (exact) mass is 252 g/mol. The van der Waals surface area contributed by atoms with E-state index in [0.717, 1.165) is 6.07 Å². The Kier molecular flexibility index (Phi) is 3.06. The Balaban J connectivity index is 2.54. The number of phenols is 1. The van der Waals surface area contributed by atoms with Crippen LogP contribution >= 0.6 is 0 Å². The average molecular weight is 252 g/mol. The number of rotatable bonds is 2. The molecule has 0 amide bonds. The molecule has 0 aliphatic rings. The Labute approximate surface area is 100 Å². The van der Waals surface area contributed by atoms with Crippen LogP contribution in [-0.2, 0) is 0 Å². The Morgan fingerprint density at radius 2 is 1.56 bits per heavy atom. The van der Waals surface area contributed by atoms with Crippen molar-refractivity contribution in [3.63, 3.8) is 0 Å². The molecule has 2 rings (SSSR count). The molecule has 0 aliphatic carbocycles. The van der Waals surface area contributed by atoms with Gasteiger partial charge in [0.2, 0.25) is 0 Å². The lowest BCUT2D eigenvalue weighted by molar-refractivity contribution is 0.103. The molecule has 0 unspecified atom stereocenters. The normalized spacial score (nSPS) is 10.4. The van der Waals surface area contributed by atoms with Gasteiger partial charge in [-0.3, -0.25) is 4.79 Å². The molecule has 0 saturated carbocycles. The highest BCUT2D eigenvalue weighted by molar-refractivity contribution is 6.10. The summed E-state index contributed by atoms with van der Waals surface area (Å²) in [6, 6.07) is 6.94. The molecule has 0 fully saturated rings. The maximum atomic E-state index is 13.4. The summed E-state index contributed by atoms with van der Waals surface area (Å²) in [5, 5.41) is 9.45. The van der Waals surface area contributed by atoms with Crippen molar-refractivity contribution in [3.05, 3.63) is 65.0 Å². The molecule has 0 atom stereocenters. The second-order valence-electron chi connectivity index (χ2n) is 3.57. The lowest BCUT2D eigenvalue weighted by atomic mass is 10.0. The molecule has 0 radical (unpaired) electrons. The van der Waals surface area contributed by atoms with E-state index in [1.165, 1.54) is 24.3 Å². The number of phenolic OH excluding ortho intramolecular Hbond substituents is 1. The summed E-state index contributed by atoms with van der Waals surface area (Å²) in [5.74, 6) is -5.92. The number of benzene rings is 2. The lowest BCUT2D eigenvalue weighted by Crippen LogP contribution is -2.07. The van der Waals surface area contributed by atoms with Gasteiger partial charge >= 0.3 is 0 Å². The van der Waals surface area contributed by atoms with E-state index in [1.807, 2.05) is 0 Å². The Hall–Kier alpha value is -2.30. The first-order valence-electron chi connectivity index (χ1n) is 4.98. The van der Waals surface area contributed by atoms with Crippen LogP contribution in [0, 0.1) is 17.5 Å². The number of ketones is 1. The van der Waals surface area contributed by atoms with Gasteiger partial charge in [-0.05, 0) is 24.3 Å². The minimum atomic E-state index is -1.71. The molecule has 1 N–H and O–H groups in total. The van der Waals surface area contributed by atoms with Crippen molar-refractivity contribution in [3.8, 4) is 5.75 Å². The van der Waals surface area contributed by atoms with E-state index in [1.54, 1.807) is 0 Å². The summed E-state index contributed by atoms with van der Waals surface area (Å²) in [6.45, 7) is 0. The highest BCUT2D eigenvalue weighted by Crippen LogP contribution is 2.23. The molecule has 2 nitrogen and oxygen atoms in total. The minimum Gasteiger partial charge on any atom is -0.507 e.